The Morgan fingerprint density at radius 3 is 2.64 bits per heavy atom. The molecule has 1 amide bonds. The number of benzene rings is 1. The Hall–Kier alpha value is -1.56. The van der Waals surface area contributed by atoms with Crippen LogP contribution in [0.5, 0.6) is 5.75 Å². The molecule has 2 N–H and O–H groups in total. The maximum Gasteiger partial charge on any atom is 0.310 e. The Morgan fingerprint density at radius 1 is 1.45 bits per heavy atom. The molecule has 22 heavy (non-hydrogen) atoms. The molecule has 5 nitrogen and oxygen atoms in total. The highest BCUT2D eigenvalue weighted by Crippen LogP contribution is 2.44. The quantitative estimate of drug-likeness (QED) is 0.806. The van der Waals surface area contributed by atoms with Gasteiger partial charge in [-0.1, -0.05) is 28.4 Å². The van der Waals surface area contributed by atoms with Gasteiger partial charge >= 0.3 is 5.97 Å². The Kier molecular flexibility index (Phi) is 5.11. The van der Waals surface area contributed by atoms with Gasteiger partial charge in [-0.2, -0.15) is 0 Å². The van der Waals surface area contributed by atoms with E-state index in [1.54, 1.807) is 7.11 Å². The maximum absolute atomic E-state index is 12.2. The topological polar surface area (TPSA) is 75.6 Å². The second-order valence-corrected chi connectivity index (χ2v) is 6.71. The zero-order valence-electron chi connectivity index (χ0n) is 12.7. The van der Waals surface area contributed by atoms with E-state index in [-0.39, 0.29) is 18.4 Å². The average molecular weight is 370 g/mol. The van der Waals surface area contributed by atoms with Crippen LogP contribution in [-0.4, -0.2) is 24.1 Å². The maximum atomic E-state index is 12.2. The number of aliphatic carboxylic acids is 1. The lowest BCUT2D eigenvalue weighted by Crippen LogP contribution is -2.43. The number of carbonyl (C=O) groups excluding carboxylic acids is 1. The van der Waals surface area contributed by atoms with E-state index in [0.717, 1.165) is 16.5 Å². The Morgan fingerprint density at radius 2 is 2.14 bits per heavy atom. The van der Waals surface area contributed by atoms with Crippen molar-refractivity contribution in [1.82, 2.24) is 5.32 Å². The third-order valence-electron chi connectivity index (χ3n) is 4.30. The lowest BCUT2D eigenvalue weighted by Gasteiger charge is -2.37. The number of hydrogen-bond donors (Lipinski definition) is 2. The van der Waals surface area contributed by atoms with Crippen LogP contribution in [0.2, 0.25) is 0 Å². The van der Waals surface area contributed by atoms with E-state index in [2.05, 4.69) is 21.2 Å². The van der Waals surface area contributed by atoms with Crippen LogP contribution in [0.3, 0.4) is 0 Å². The number of methoxy groups -OCH3 is 1. The summed E-state index contributed by atoms with van der Waals surface area (Å²) in [7, 11) is 1.58. The summed E-state index contributed by atoms with van der Waals surface area (Å²) in [6.45, 7) is 1.86. The zero-order valence-corrected chi connectivity index (χ0v) is 14.3. The second-order valence-electron chi connectivity index (χ2n) is 5.79. The second kappa shape index (κ2) is 6.69. The summed E-state index contributed by atoms with van der Waals surface area (Å²) in [4.78, 5) is 23.5. The van der Waals surface area contributed by atoms with Gasteiger partial charge in [0.1, 0.15) is 5.75 Å². The fraction of sp³-hybridized carbons (Fsp3) is 0.500. The van der Waals surface area contributed by atoms with Crippen LogP contribution >= 0.6 is 15.9 Å². The molecule has 2 rings (SSSR count). The van der Waals surface area contributed by atoms with Gasteiger partial charge in [0.15, 0.2) is 0 Å². The smallest absolute Gasteiger partial charge is 0.310 e. The number of ether oxygens (including phenoxy) is 1. The SMILES string of the molecule is COc1cc(Br)ccc1C(C)NC(=O)CC1(C(=O)O)CCC1. The Bertz CT molecular complexity index is 584. The minimum atomic E-state index is -0.872. The van der Waals surface area contributed by atoms with Gasteiger partial charge in [0.25, 0.3) is 0 Å². The number of nitrogens with one attached hydrogen (secondary N) is 1. The van der Waals surface area contributed by atoms with Gasteiger partial charge in [-0.25, -0.2) is 0 Å². The fourth-order valence-corrected chi connectivity index (χ4v) is 3.13. The average Bonchev–Trinajstić information content (AvgIpc) is 2.41. The van der Waals surface area contributed by atoms with Gasteiger partial charge in [-0.15, -0.1) is 0 Å². The van der Waals surface area contributed by atoms with Crippen molar-refractivity contribution in [3.05, 3.63) is 28.2 Å². The first kappa shape index (κ1) is 16.8. The van der Waals surface area contributed by atoms with Crippen LogP contribution in [0, 0.1) is 5.41 Å². The van der Waals surface area contributed by atoms with E-state index in [9.17, 15) is 14.7 Å². The highest BCUT2D eigenvalue weighted by Gasteiger charge is 2.46. The van der Waals surface area contributed by atoms with Crippen molar-refractivity contribution < 1.29 is 19.4 Å². The minimum absolute atomic E-state index is 0.0333. The third kappa shape index (κ3) is 3.43. The Balaban J connectivity index is 2.04. The zero-order chi connectivity index (χ0) is 16.3. The van der Waals surface area contributed by atoms with Gasteiger partial charge in [-0.05, 0) is 31.9 Å². The van der Waals surface area contributed by atoms with Gasteiger partial charge in [0.05, 0.1) is 18.6 Å². The molecule has 120 valence electrons. The van der Waals surface area contributed by atoms with Crippen molar-refractivity contribution in [2.75, 3.05) is 7.11 Å². The van der Waals surface area contributed by atoms with E-state index in [1.807, 2.05) is 25.1 Å². The predicted molar refractivity (Wildman–Crippen MR) is 85.8 cm³/mol. The van der Waals surface area contributed by atoms with Gasteiger partial charge in [0.2, 0.25) is 5.91 Å². The highest BCUT2D eigenvalue weighted by atomic mass is 79.9. The van der Waals surface area contributed by atoms with Crippen LogP contribution in [0.25, 0.3) is 0 Å². The summed E-state index contributed by atoms with van der Waals surface area (Å²) < 4.78 is 6.22. The number of carboxylic acid groups (broad SMARTS) is 1. The lowest BCUT2D eigenvalue weighted by atomic mass is 9.66. The first-order valence-electron chi connectivity index (χ1n) is 7.24. The summed E-state index contributed by atoms with van der Waals surface area (Å²) >= 11 is 3.38. The molecule has 1 aromatic rings. The van der Waals surface area contributed by atoms with Crippen LogP contribution in [-0.2, 0) is 9.59 Å². The number of carboxylic acids is 1. The molecule has 1 fully saturated rings. The Labute approximate surface area is 138 Å². The van der Waals surface area contributed by atoms with Gasteiger partial charge < -0.3 is 15.2 Å². The molecule has 6 heteroatoms. The standard InChI is InChI=1S/C16H20BrNO4/c1-10(12-5-4-11(17)8-13(12)22-2)18-14(19)9-16(15(20)21)6-3-7-16/h4-5,8,10H,3,6-7,9H2,1-2H3,(H,18,19)(H,20,21). The van der Waals surface area contributed by atoms with Crippen molar-refractivity contribution in [2.24, 2.45) is 5.41 Å². The van der Waals surface area contributed by atoms with E-state index < -0.39 is 11.4 Å². The first-order valence-corrected chi connectivity index (χ1v) is 8.03. The highest BCUT2D eigenvalue weighted by molar-refractivity contribution is 9.10. The molecule has 1 aliphatic rings. The van der Waals surface area contributed by atoms with E-state index in [0.29, 0.717) is 18.6 Å². The number of rotatable bonds is 6. The number of carbonyl (C=O) groups is 2. The molecule has 0 aliphatic heterocycles. The number of amides is 1. The van der Waals surface area contributed by atoms with Crippen LogP contribution in [0.15, 0.2) is 22.7 Å². The predicted octanol–water partition coefficient (Wildman–Crippen LogP) is 3.28. The lowest BCUT2D eigenvalue weighted by molar-refractivity contribution is -0.157. The van der Waals surface area contributed by atoms with E-state index in [4.69, 9.17) is 4.74 Å². The summed E-state index contributed by atoms with van der Waals surface area (Å²) in [5.74, 6) is -0.430. The van der Waals surface area contributed by atoms with Crippen molar-refractivity contribution in [3.63, 3.8) is 0 Å². The largest absolute Gasteiger partial charge is 0.496 e. The van der Waals surface area contributed by atoms with Crippen LogP contribution in [0.4, 0.5) is 0 Å². The summed E-state index contributed by atoms with van der Waals surface area (Å²) in [6.07, 6.45) is 2.05. The van der Waals surface area contributed by atoms with Crippen molar-refractivity contribution in [3.8, 4) is 5.75 Å². The molecule has 1 aromatic carbocycles. The summed E-state index contributed by atoms with van der Waals surface area (Å²) in [6, 6.07) is 5.35. The molecular formula is C16H20BrNO4. The molecule has 0 heterocycles. The normalized spacial score (nSPS) is 17.2. The van der Waals surface area contributed by atoms with E-state index in [1.165, 1.54) is 0 Å². The molecule has 1 saturated carbocycles. The monoisotopic (exact) mass is 369 g/mol. The van der Waals surface area contributed by atoms with Gasteiger partial charge in [0, 0.05) is 16.5 Å². The number of hydrogen-bond acceptors (Lipinski definition) is 3. The fourth-order valence-electron chi connectivity index (χ4n) is 2.79. The molecule has 0 saturated heterocycles. The first-order chi connectivity index (χ1) is 10.4. The minimum Gasteiger partial charge on any atom is -0.496 e. The molecule has 0 aromatic heterocycles. The van der Waals surface area contributed by atoms with Gasteiger partial charge in [-0.3, -0.25) is 9.59 Å². The molecule has 0 spiro atoms. The third-order valence-corrected chi connectivity index (χ3v) is 4.80. The molecule has 1 atom stereocenters. The molecule has 0 radical (unpaired) electrons. The molecule has 0 bridgehead atoms. The van der Waals surface area contributed by atoms with Crippen LogP contribution in [0.1, 0.15) is 44.2 Å². The molecule has 1 unspecified atom stereocenters. The molecule has 1 aliphatic carbocycles. The van der Waals surface area contributed by atoms with Crippen molar-refractivity contribution in [2.45, 2.75) is 38.6 Å². The summed E-state index contributed by atoms with van der Waals surface area (Å²) in [5.41, 5.74) is -0.00909. The van der Waals surface area contributed by atoms with E-state index >= 15 is 0 Å². The molecular weight excluding hydrogens is 350 g/mol. The van der Waals surface area contributed by atoms with Crippen LogP contribution < -0.4 is 10.1 Å². The number of halogens is 1. The van der Waals surface area contributed by atoms with Crippen molar-refractivity contribution in [1.29, 1.82) is 0 Å². The summed E-state index contributed by atoms with van der Waals surface area (Å²) in [5, 5.41) is 12.2. The van der Waals surface area contributed by atoms with Crippen molar-refractivity contribution >= 4 is 27.8 Å².